The minimum atomic E-state index is -4.28. The van der Waals surface area contributed by atoms with Gasteiger partial charge in [-0.05, 0) is 57.8 Å². The fourth-order valence-electron chi connectivity index (χ4n) is 5.79. The minimum absolute atomic E-state index is 0.0943. The fourth-order valence-corrected chi connectivity index (χ4v) is 6.55. The number of ether oxygens (including phenoxy) is 2. The maximum absolute atomic E-state index is 12.6. The monoisotopic (exact) mass is 780 g/mol. The third-order valence-electron chi connectivity index (χ3n) is 8.95. The van der Waals surface area contributed by atoms with Crippen molar-refractivity contribution in [2.75, 3.05) is 33.0 Å². The Morgan fingerprint density at radius 3 is 1.56 bits per heavy atom. The standard InChI is InChI=1S/C45H82NO7P/c1-3-5-7-9-11-13-15-17-19-20-21-22-23-25-27-29-31-33-35-37-40-50-42-44(43-52-54(48,49)51-41-39-46)53-45(47)38-36-34-32-30-28-26-24-18-16-14-12-10-8-6-4-2/h5,7,11,13,17,19,21-22,25,27,44H,3-4,6,8-10,12,14-16,18,20,23-24,26,28-43,46H2,1-2H3,(H,48,49)/b7-5-,13-11-,19-17-,22-21-,27-25-. The van der Waals surface area contributed by atoms with E-state index in [-0.39, 0.29) is 32.3 Å². The van der Waals surface area contributed by atoms with Crippen molar-refractivity contribution < 1.29 is 32.8 Å². The lowest BCUT2D eigenvalue weighted by Crippen LogP contribution is -2.28. The number of allylic oxidation sites excluding steroid dienone is 10. The van der Waals surface area contributed by atoms with Crippen molar-refractivity contribution in [3.8, 4) is 0 Å². The normalized spacial score (nSPS) is 14.1. The average Bonchev–Trinajstić information content (AvgIpc) is 3.16. The summed E-state index contributed by atoms with van der Waals surface area (Å²) in [7, 11) is -4.28. The number of carbonyl (C=O) groups is 1. The first-order chi connectivity index (χ1) is 26.4. The molecule has 0 aromatic rings. The maximum Gasteiger partial charge on any atom is 0.472 e. The van der Waals surface area contributed by atoms with Crippen molar-refractivity contribution >= 4 is 13.8 Å². The number of esters is 1. The van der Waals surface area contributed by atoms with Crippen LogP contribution in [0.5, 0.6) is 0 Å². The number of hydrogen-bond donors (Lipinski definition) is 2. The second-order valence-electron chi connectivity index (χ2n) is 14.2. The Morgan fingerprint density at radius 1 is 0.574 bits per heavy atom. The zero-order chi connectivity index (χ0) is 39.5. The van der Waals surface area contributed by atoms with E-state index in [0.717, 1.165) is 83.5 Å². The van der Waals surface area contributed by atoms with E-state index in [1.807, 2.05) is 0 Å². The van der Waals surface area contributed by atoms with E-state index in [4.69, 9.17) is 24.3 Å². The van der Waals surface area contributed by atoms with Gasteiger partial charge in [0, 0.05) is 19.6 Å². The minimum Gasteiger partial charge on any atom is -0.457 e. The lowest BCUT2D eigenvalue weighted by Gasteiger charge is -2.20. The summed E-state index contributed by atoms with van der Waals surface area (Å²) in [4.78, 5) is 22.5. The van der Waals surface area contributed by atoms with Crippen LogP contribution in [0, 0.1) is 0 Å². The van der Waals surface area contributed by atoms with Crippen LogP contribution in [-0.4, -0.2) is 49.9 Å². The first-order valence-electron chi connectivity index (χ1n) is 21.8. The number of nitrogens with two attached hydrogens (primary N) is 1. The van der Waals surface area contributed by atoms with Gasteiger partial charge in [-0.1, -0.05) is 177 Å². The Balaban J connectivity index is 4.09. The smallest absolute Gasteiger partial charge is 0.457 e. The molecule has 0 fully saturated rings. The molecule has 0 rings (SSSR count). The van der Waals surface area contributed by atoms with Gasteiger partial charge in [-0.2, -0.15) is 0 Å². The van der Waals surface area contributed by atoms with Crippen molar-refractivity contribution in [1.29, 1.82) is 0 Å². The highest BCUT2D eigenvalue weighted by atomic mass is 31.2. The molecule has 0 saturated carbocycles. The fraction of sp³-hybridized carbons (Fsp3) is 0.756. The van der Waals surface area contributed by atoms with Crippen LogP contribution in [0.4, 0.5) is 0 Å². The molecule has 2 atom stereocenters. The summed E-state index contributed by atoms with van der Waals surface area (Å²) in [5, 5.41) is 0. The molecule has 9 heteroatoms. The molecule has 314 valence electrons. The number of phosphoric acid groups is 1. The largest absolute Gasteiger partial charge is 0.472 e. The molecule has 0 aliphatic rings. The van der Waals surface area contributed by atoms with Crippen molar-refractivity contribution in [3.05, 3.63) is 60.8 Å². The molecule has 0 spiro atoms. The van der Waals surface area contributed by atoms with Crippen molar-refractivity contribution in [1.82, 2.24) is 0 Å². The lowest BCUT2D eigenvalue weighted by molar-refractivity contribution is -0.154. The molecule has 3 N–H and O–H groups in total. The van der Waals surface area contributed by atoms with Gasteiger partial charge in [0.05, 0.1) is 19.8 Å². The molecule has 0 aromatic heterocycles. The summed E-state index contributed by atoms with van der Waals surface area (Å²) >= 11 is 0. The third kappa shape index (κ3) is 41.4. The summed E-state index contributed by atoms with van der Waals surface area (Å²) in [6.45, 7) is 4.75. The van der Waals surface area contributed by atoms with Gasteiger partial charge in [0.15, 0.2) is 0 Å². The van der Waals surface area contributed by atoms with E-state index in [2.05, 4.69) is 74.6 Å². The molecule has 0 heterocycles. The summed E-state index contributed by atoms with van der Waals surface area (Å²) < 4.78 is 33.4. The molecular weight excluding hydrogens is 697 g/mol. The van der Waals surface area contributed by atoms with E-state index in [9.17, 15) is 14.3 Å². The summed E-state index contributed by atoms with van der Waals surface area (Å²) in [6.07, 6.45) is 50.9. The Labute approximate surface area is 332 Å². The van der Waals surface area contributed by atoms with Gasteiger partial charge in [-0.15, -0.1) is 0 Å². The highest BCUT2D eigenvalue weighted by Gasteiger charge is 2.25. The molecule has 0 aliphatic heterocycles. The average molecular weight is 780 g/mol. The van der Waals surface area contributed by atoms with Crippen LogP contribution in [0.2, 0.25) is 0 Å². The Bertz CT molecular complexity index is 1010. The van der Waals surface area contributed by atoms with Crippen LogP contribution < -0.4 is 5.73 Å². The van der Waals surface area contributed by atoms with E-state index in [1.165, 1.54) is 77.0 Å². The lowest BCUT2D eigenvalue weighted by atomic mass is 10.0. The maximum atomic E-state index is 12.6. The summed E-state index contributed by atoms with van der Waals surface area (Å²) in [6, 6.07) is 0. The van der Waals surface area contributed by atoms with Gasteiger partial charge in [0.2, 0.25) is 0 Å². The number of phosphoric ester groups is 1. The number of rotatable bonds is 41. The van der Waals surface area contributed by atoms with E-state index >= 15 is 0 Å². The predicted molar refractivity (Wildman–Crippen MR) is 229 cm³/mol. The second-order valence-corrected chi connectivity index (χ2v) is 15.6. The van der Waals surface area contributed by atoms with Gasteiger partial charge >= 0.3 is 13.8 Å². The van der Waals surface area contributed by atoms with Gasteiger partial charge in [0.25, 0.3) is 0 Å². The molecular formula is C45H82NO7P. The SMILES string of the molecule is CC/C=C\C/C=C\C/C=C\C/C=C\C/C=C\CCCCCCOCC(COP(=O)(O)OCCN)OC(=O)CCCCCCCCCCCCCCCCC. The highest BCUT2D eigenvalue weighted by Crippen LogP contribution is 2.43. The first-order valence-corrected chi connectivity index (χ1v) is 23.3. The molecule has 8 nitrogen and oxygen atoms in total. The Hall–Kier alpha value is -1.80. The molecule has 0 bridgehead atoms. The van der Waals surface area contributed by atoms with E-state index in [1.54, 1.807) is 0 Å². The van der Waals surface area contributed by atoms with Gasteiger partial charge < -0.3 is 20.1 Å². The van der Waals surface area contributed by atoms with Gasteiger partial charge in [-0.3, -0.25) is 13.8 Å². The van der Waals surface area contributed by atoms with Crippen LogP contribution in [0.25, 0.3) is 0 Å². The quantitative estimate of drug-likeness (QED) is 0.0273. The molecule has 0 saturated heterocycles. The summed E-state index contributed by atoms with van der Waals surface area (Å²) in [5.41, 5.74) is 5.37. The van der Waals surface area contributed by atoms with Gasteiger partial charge in [0.1, 0.15) is 6.10 Å². The van der Waals surface area contributed by atoms with Crippen molar-refractivity contribution in [2.45, 2.75) is 187 Å². The number of unbranched alkanes of at least 4 members (excludes halogenated alkanes) is 18. The Morgan fingerprint density at radius 2 is 1.04 bits per heavy atom. The zero-order valence-corrected chi connectivity index (χ0v) is 35.6. The van der Waals surface area contributed by atoms with Crippen LogP contribution in [-0.2, 0) is 27.9 Å². The summed E-state index contributed by atoms with van der Waals surface area (Å²) in [5.74, 6) is -0.340. The van der Waals surface area contributed by atoms with Crippen LogP contribution in [0.3, 0.4) is 0 Å². The zero-order valence-electron chi connectivity index (χ0n) is 34.7. The van der Waals surface area contributed by atoms with Crippen molar-refractivity contribution in [3.63, 3.8) is 0 Å². The molecule has 0 aliphatic carbocycles. The van der Waals surface area contributed by atoms with Crippen LogP contribution >= 0.6 is 7.82 Å². The van der Waals surface area contributed by atoms with Crippen molar-refractivity contribution in [2.24, 2.45) is 5.73 Å². The number of hydrogen-bond acceptors (Lipinski definition) is 7. The number of carbonyl (C=O) groups excluding carboxylic acids is 1. The first kappa shape index (κ1) is 52.2. The topological polar surface area (TPSA) is 117 Å². The van der Waals surface area contributed by atoms with E-state index < -0.39 is 13.9 Å². The molecule has 0 radical (unpaired) electrons. The highest BCUT2D eigenvalue weighted by molar-refractivity contribution is 7.47. The van der Waals surface area contributed by atoms with E-state index in [0.29, 0.717) is 13.0 Å². The molecule has 0 amide bonds. The second kappa shape index (κ2) is 42.3. The molecule has 2 unspecified atom stereocenters. The third-order valence-corrected chi connectivity index (χ3v) is 9.93. The van der Waals surface area contributed by atoms with Gasteiger partial charge in [-0.25, -0.2) is 4.57 Å². The predicted octanol–water partition coefficient (Wildman–Crippen LogP) is 13.0. The molecule has 0 aromatic carbocycles. The van der Waals surface area contributed by atoms with Crippen LogP contribution in [0.15, 0.2) is 60.8 Å². The Kier molecular flexibility index (Phi) is 40.9. The van der Waals surface area contributed by atoms with Crippen LogP contribution in [0.1, 0.15) is 181 Å². The molecule has 54 heavy (non-hydrogen) atoms.